The SMILES string of the molecule is O=C1C2CCN(CC2)C1Cn1cncn1. The fraction of sp³-hybridized carbons (Fsp3) is 0.700. The molecule has 3 fully saturated rings. The van der Waals surface area contributed by atoms with Crippen molar-refractivity contribution in [1.29, 1.82) is 0 Å². The van der Waals surface area contributed by atoms with E-state index in [1.165, 1.54) is 6.33 Å². The summed E-state index contributed by atoms with van der Waals surface area (Å²) in [7, 11) is 0. The van der Waals surface area contributed by atoms with Gasteiger partial charge in [-0.2, -0.15) is 5.10 Å². The molecule has 0 spiro atoms. The number of Topliss-reactive ketones (excluding diaryl/α,β-unsaturated/α-hetero) is 1. The van der Waals surface area contributed by atoms with Gasteiger partial charge in [0.1, 0.15) is 12.7 Å². The van der Waals surface area contributed by atoms with Crippen molar-refractivity contribution in [2.24, 2.45) is 5.92 Å². The highest BCUT2D eigenvalue weighted by Crippen LogP contribution is 2.29. The number of fused-ring (bicyclic) bond motifs is 3. The average molecular weight is 206 g/mol. The van der Waals surface area contributed by atoms with Crippen molar-refractivity contribution >= 4 is 5.78 Å². The van der Waals surface area contributed by atoms with Crippen LogP contribution in [0.25, 0.3) is 0 Å². The largest absolute Gasteiger partial charge is 0.298 e. The lowest BCUT2D eigenvalue weighted by molar-refractivity contribution is -0.137. The number of piperidine rings is 3. The molecule has 0 N–H and O–H groups in total. The summed E-state index contributed by atoms with van der Waals surface area (Å²) in [5, 5.41) is 4.06. The Hall–Kier alpha value is -1.23. The molecule has 0 saturated carbocycles. The third-order valence-corrected chi connectivity index (χ3v) is 3.53. The maximum absolute atomic E-state index is 12.0. The second-order valence-corrected chi connectivity index (χ2v) is 4.35. The highest BCUT2D eigenvalue weighted by molar-refractivity contribution is 5.87. The molecule has 1 unspecified atom stereocenters. The van der Waals surface area contributed by atoms with E-state index in [2.05, 4.69) is 15.0 Å². The molecule has 80 valence electrons. The smallest absolute Gasteiger partial charge is 0.155 e. The van der Waals surface area contributed by atoms with Crippen molar-refractivity contribution in [2.45, 2.75) is 25.4 Å². The van der Waals surface area contributed by atoms with Crippen LogP contribution in [0.15, 0.2) is 12.7 Å². The zero-order valence-electron chi connectivity index (χ0n) is 8.54. The van der Waals surface area contributed by atoms with Gasteiger partial charge in [-0.15, -0.1) is 0 Å². The highest BCUT2D eigenvalue weighted by atomic mass is 16.1. The van der Waals surface area contributed by atoms with Gasteiger partial charge in [0.2, 0.25) is 0 Å². The van der Waals surface area contributed by atoms with Gasteiger partial charge >= 0.3 is 0 Å². The molecule has 1 aromatic heterocycles. The first-order valence-corrected chi connectivity index (χ1v) is 5.45. The Bertz CT molecular complexity index is 354. The fourth-order valence-electron chi connectivity index (χ4n) is 2.66. The van der Waals surface area contributed by atoms with Crippen LogP contribution < -0.4 is 0 Å². The molecule has 2 bridgehead atoms. The first-order chi connectivity index (χ1) is 7.34. The lowest BCUT2D eigenvalue weighted by Gasteiger charge is -2.43. The summed E-state index contributed by atoms with van der Waals surface area (Å²) < 4.78 is 1.75. The molecule has 3 saturated heterocycles. The molecule has 1 aromatic rings. The van der Waals surface area contributed by atoms with Gasteiger partial charge < -0.3 is 0 Å². The number of nitrogens with zero attached hydrogens (tertiary/aromatic N) is 4. The lowest BCUT2D eigenvalue weighted by Crippen LogP contribution is -2.56. The Kier molecular flexibility index (Phi) is 2.05. The number of ketones is 1. The van der Waals surface area contributed by atoms with E-state index in [1.54, 1.807) is 11.0 Å². The number of hydrogen-bond donors (Lipinski definition) is 0. The molecule has 3 aliphatic rings. The third-order valence-electron chi connectivity index (χ3n) is 3.53. The van der Waals surface area contributed by atoms with Crippen LogP contribution in [0.5, 0.6) is 0 Å². The molecule has 1 atom stereocenters. The molecule has 5 nitrogen and oxygen atoms in total. The summed E-state index contributed by atoms with van der Waals surface area (Å²) in [6.45, 7) is 2.79. The summed E-state index contributed by atoms with van der Waals surface area (Å²) >= 11 is 0. The Labute approximate surface area is 88.1 Å². The minimum absolute atomic E-state index is 0.0409. The highest BCUT2D eigenvalue weighted by Gasteiger charge is 2.40. The summed E-state index contributed by atoms with van der Waals surface area (Å²) in [4.78, 5) is 18.2. The minimum atomic E-state index is 0.0409. The molecular formula is C10H14N4O. The van der Waals surface area contributed by atoms with E-state index in [-0.39, 0.29) is 6.04 Å². The van der Waals surface area contributed by atoms with Crippen molar-refractivity contribution in [3.8, 4) is 0 Å². The van der Waals surface area contributed by atoms with Crippen molar-refractivity contribution in [2.75, 3.05) is 13.1 Å². The fourth-order valence-corrected chi connectivity index (χ4v) is 2.66. The second kappa shape index (κ2) is 3.41. The number of hydrogen-bond acceptors (Lipinski definition) is 4. The summed E-state index contributed by atoms with van der Waals surface area (Å²) in [6, 6.07) is 0.0409. The van der Waals surface area contributed by atoms with Crippen LogP contribution >= 0.6 is 0 Å². The maximum Gasteiger partial charge on any atom is 0.155 e. The molecule has 15 heavy (non-hydrogen) atoms. The van der Waals surface area contributed by atoms with Crippen LogP contribution in [-0.2, 0) is 11.3 Å². The summed E-state index contributed by atoms with van der Waals surface area (Å²) in [5.41, 5.74) is 0. The van der Waals surface area contributed by atoms with E-state index in [4.69, 9.17) is 0 Å². The number of aromatic nitrogens is 3. The van der Waals surface area contributed by atoms with Gasteiger partial charge in [-0.1, -0.05) is 0 Å². The average Bonchev–Trinajstić information content (AvgIpc) is 2.77. The number of carbonyl (C=O) groups is 1. The molecule has 0 aliphatic carbocycles. The van der Waals surface area contributed by atoms with E-state index in [1.807, 2.05) is 0 Å². The Morgan fingerprint density at radius 1 is 1.40 bits per heavy atom. The van der Waals surface area contributed by atoms with E-state index in [0.29, 0.717) is 18.2 Å². The van der Waals surface area contributed by atoms with Crippen LogP contribution in [0.3, 0.4) is 0 Å². The minimum Gasteiger partial charge on any atom is -0.298 e. The van der Waals surface area contributed by atoms with Crippen molar-refractivity contribution in [1.82, 2.24) is 19.7 Å². The molecule has 5 heteroatoms. The Morgan fingerprint density at radius 3 is 2.80 bits per heavy atom. The molecule has 0 amide bonds. The van der Waals surface area contributed by atoms with Crippen molar-refractivity contribution < 1.29 is 4.79 Å². The summed E-state index contributed by atoms with van der Waals surface area (Å²) in [5.74, 6) is 0.714. The third kappa shape index (κ3) is 1.47. The lowest BCUT2D eigenvalue weighted by atomic mass is 9.82. The molecule has 3 aliphatic heterocycles. The van der Waals surface area contributed by atoms with E-state index in [9.17, 15) is 4.79 Å². The molecule has 0 radical (unpaired) electrons. The van der Waals surface area contributed by atoms with Crippen LogP contribution in [0.2, 0.25) is 0 Å². The van der Waals surface area contributed by atoms with Gasteiger partial charge in [0, 0.05) is 5.92 Å². The van der Waals surface area contributed by atoms with Crippen LogP contribution in [0.4, 0.5) is 0 Å². The monoisotopic (exact) mass is 206 g/mol. The Balaban J connectivity index is 1.78. The maximum atomic E-state index is 12.0. The molecular weight excluding hydrogens is 192 g/mol. The van der Waals surface area contributed by atoms with Gasteiger partial charge in [0.05, 0.1) is 12.6 Å². The number of rotatable bonds is 2. The second-order valence-electron chi connectivity index (χ2n) is 4.35. The van der Waals surface area contributed by atoms with E-state index >= 15 is 0 Å². The van der Waals surface area contributed by atoms with Crippen LogP contribution in [0, 0.1) is 5.92 Å². The first-order valence-electron chi connectivity index (χ1n) is 5.45. The van der Waals surface area contributed by atoms with Crippen LogP contribution in [0.1, 0.15) is 12.8 Å². The topological polar surface area (TPSA) is 51.0 Å². The number of carbonyl (C=O) groups excluding carboxylic acids is 1. The summed E-state index contributed by atoms with van der Waals surface area (Å²) in [6.07, 6.45) is 5.29. The van der Waals surface area contributed by atoms with Gasteiger partial charge in [0.25, 0.3) is 0 Å². The van der Waals surface area contributed by atoms with Crippen molar-refractivity contribution in [3.63, 3.8) is 0 Å². The zero-order chi connectivity index (χ0) is 10.3. The Morgan fingerprint density at radius 2 is 2.20 bits per heavy atom. The van der Waals surface area contributed by atoms with Crippen LogP contribution in [-0.4, -0.2) is 44.6 Å². The quantitative estimate of drug-likeness (QED) is 0.680. The van der Waals surface area contributed by atoms with Gasteiger partial charge in [-0.3, -0.25) is 14.4 Å². The van der Waals surface area contributed by atoms with E-state index in [0.717, 1.165) is 25.9 Å². The van der Waals surface area contributed by atoms with Gasteiger partial charge in [-0.25, -0.2) is 4.98 Å². The molecule has 0 aromatic carbocycles. The van der Waals surface area contributed by atoms with Crippen molar-refractivity contribution in [3.05, 3.63) is 12.7 Å². The molecule has 4 heterocycles. The molecule has 4 rings (SSSR count). The normalized spacial score (nSPS) is 34.7. The predicted octanol–water partition coefficient (Wildman–Crippen LogP) is -0.0586. The van der Waals surface area contributed by atoms with E-state index < -0.39 is 0 Å². The predicted molar refractivity (Wildman–Crippen MR) is 53.1 cm³/mol. The van der Waals surface area contributed by atoms with Gasteiger partial charge in [-0.05, 0) is 25.9 Å². The standard InChI is InChI=1S/C10H14N4O/c15-10-8-1-3-13(4-2-8)9(10)5-14-7-11-6-12-14/h6-9H,1-5H2. The first kappa shape index (κ1) is 9.03. The van der Waals surface area contributed by atoms with Gasteiger partial charge in [0.15, 0.2) is 5.78 Å². The zero-order valence-corrected chi connectivity index (χ0v) is 8.54.